The zero-order valence-electron chi connectivity index (χ0n) is 7.55. The Bertz CT molecular complexity index is 111. The first kappa shape index (κ1) is 13.7. The minimum absolute atomic E-state index is 0. The molecule has 1 N–H and O–H groups in total. The fourth-order valence-electron chi connectivity index (χ4n) is 0. The monoisotopic (exact) mass is 207 g/mol. The molecule has 0 spiro atoms. The minimum atomic E-state index is -0.757. The predicted octanol–water partition coefficient (Wildman–Crippen LogP) is 2.10. The Hall–Kier alpha value is 0.0934. The summed E-state index contributed by atoms with van der Waals surface area (Å²) >= 11 is 0. The third-order valence-electron chi connectivity index (χ3n) is 0.930. The molecule has 0 bridgehead atoms. The molecule has 11 heavy (non-hydrogen) atoms. The Morgan fingerprint density at radius 2 is 1.55 bits per heavy atom. The molecule has 62 valence electrons. The number of rotatable bonds is 0. The second-order valence-electron chi connectivity index (χ2n) is 3.42. The molecule has 0 saturated heterocycles. The van der Waals surface area contributed by atoms with E-state index in [0.29, 0.717) is 0 Å². The van der Waals surface area contributed by atoms with E-state index in [1.165, 1.54) is 12.8 Å². The maximum absolute atomic E-state index is 10.0. The fraction of sp³-hybridized carbons (Fsp3) is 0.750. The van der Waals surface area contributed by atoms with Gasteiger partial charge in [-0.25, -0.2) is 12.8 Å². The van der Waals surface area contributed by atoms with Crippen molar-refractivity contribution in [2.45, 2.75) is 33.6 Å². The van der Waals surface area contributed by atoms with Crippen LogP contribution in [0.1, 0.15) is 33.6 Å². The summed E-state index contributed by atoms with van der Waals surface area (Å²) in [5.74, 6) is -0.757. The summed E-state index contributed by atoms with van der Waals surface area (Å²) in [6.45, 7) is 4.99. The minimum Gasteiger partial charge on any atom is -0.481 e. The Morgan fingerprint density at radius 1 is 1.36 bits per heavy atom. The predicted molar refractivity (Wildman–Crippen MR) is 40.6 cm³/mol. The van der Waals surface area contributed by atoms with Crippen LogP contribution in [0.4, 0.5) is 0 Å². The summed E-state index contributed by atoms with van der Waals surface area (Å²) in [5, 5.41) is 8.25. The van der Waals surface area contributed by atoms with Crippen LogP contribution in [0.2, 0.25) is 0 Å². The van der Waals surface area contributed by atoms with Gasteiger partial charge in [-0.1, -0.05) is 0 Å². The molecule has 0 unspecified atom stereocenters. The molecule has 1 aliphatic carbocycles. The summed E-state index contributed by atoms with van der Waals surface area (Å²) in [5.41, 5.74) is -0.583. The Balaban J connectivity index is 0. The molecule has 0 aromatic rings. The van der Waals surface area contributed by atoms with E-state index >= 15 is 0 Å². The van der Waals surface area contributed by atoms with Crippen LogP contribution in [0.15, 0.2) is 0 Å². The SMILES string of the molecule is CC(C)(C)C(=O)O.[CH-]1CC1.[Zn]. The molecule has 0 aromatic heterocycles. The first-order chi connectivity index (χ1) is 4.44. The molecule has 1 aliphatic rings. The van der Waals surface area contributed by atoms with Crippen LogP contribution in [0.25, 0.3) is 0 Å². The number of carbonyl (C=O) groups is 1. The van der Waals surface area contributed by atoms with Crippen molar-refractivity contribution in [2.24, 2.45) is 5.41 Å². The van der Waals surface area contributed by atoms with Crippen molar-refractivity contribution in [3.8, 4) is 0 Å². The molecule has 0 aromatic carbocycles. The second kappa shape index (κ2) is 5.71. The van der Waals surface area contributed by atoms with Gasteiger partial charge in [-0.05, 0) is 20.8 Å². The van der Waals surface area contributed by atoms with Crippen molar-refractivity contribution in [1.82, 2.24) is 0 Å². The molecule has 0 aliphatic heterocycles. The van der Waals surface area contributed by atoms with Crippen molar-refractivity contribution < 1.29 is 29.4 Å². The molecular weight excluding hydrogens is 193 g/mol. The maximum atomic E-state index is 10.0. The molecule has 1 rings (SSSR count). The van der Waals surface area contributed by atoms with Gasteiger partial charge in [0.05, 0.1) is 5.41 Å². The average molecular weight is 209 g/mol. The number of hydrogen-bond donors (Lipinski definition) is 1. The van der Waals surface area contributed by atoms with Crippen LogP contribution in [0.3, 0.4) is 0 Å². The largest absolute Gasteiger partial charge is 0.481 e. The van der Waals surface area contributed by atoms with E-state index in [0.717, 1.165) is 0 Å². The number of carboxylic acid groups (broad SMARTS) is 1. The molecule has 3 heteroatoms. The molecule has 0 heterocycles. The number of hydrogen-bond acceptors (Lipinski definition) is 1. The molecule has 1 fully saturated rings. The first-order valence-corrected chi connectivity index (χ1v) is 3.49. The van der Waals surface area contributed by atoms with Gasteiger partial charge in [-0.15, -0.1) is 0 Å². The summed E-state index contributed by atoms with van der Waals surface area (Å²) in [7, 11) is 0. The van der Waals surface area contributed by atoms with Gasteiger partial charge < -0.3 is 11.5 Å². The Labute approximate surface area is 81.1 Å². The zero-order valence-corrected chi connectivity index (χ0v) is 10.5. The number of carboxylic acids is 1. The van der Waals surface area contributed by atoms with Crippen LogP contribution < -0.4 is 0 Å². The molecule has 0 amide bonds. The third kappa shape index (κ3) is 13.1. The topological polar surface area (TPSA) is 37.3 Å². The first-order valence-electron chi connectivity index (χ1n) is 3.49. The van der Waals surface area contributed by atoms with Gasteiger partial charge in [-0.3, -0.25) is 4.79 Å². The smallest absolute Gasteiger partial charge is 0.308 e. The van der Waals surface area contributed by atoms with Gasteiger partial charge in [-0.2, -0.15) is 0 Å². The second-order valence-corrected chi connectivity index (χ2v) is 3.42. The van der Waals surface area contributed by atoms with Gasteiger partial charge in [0.1, 0.15) is 0 Å². The maximum Gasteiger partial charge on any atom is 0.308 e. The van der Waals surface area contributed by atoms with Gasteiger partial charge in [0.25, 0.3) is 0 Å². The Kier molecular flexibility index (Phi) is 7.09. The van der Waals surface area contributed by atoms with Crippen molar-refractivity contribution in [1.29, 1.82) is 0 Å². The number of aliphatic carboxylic acids is 1. The molecular formula is C8H15O2Zn-. The van der Waals surface area contributed by atoms with Crippen molar-refractivity contribution >= 4 is 5.97 Å². The Morgan fingerprint density at radius 3 is 1.55 bits per heavy atom. The normalized spacial score (nSPS) is 13.7. The van der Waals surface area contributed by atoms with Gasteiger partial charge >= 0.3 is 5.97 Å². The summed E-state index contributed by atoms with van der Waals surface area (Å²) in [6.07, 6.45) is 5.00. The van der Waals surface area contributed by atoms with E-state index in [9.17, 15) is 4.79 Å². The van der Waals surface area contributed by atoms with Crippen LogP contribution in [0.5, 0.6) is 0 Å². The van der Waals surface area contributed by atoms with E-state index < -0.39 is 11.4 Å². The van der Waals surface area contributed by atoms with E-state index in [1.807, 2.05) is 0 Å². The van der Waals surface area contributed by atoms with Gasteiger partial charge in [0.15, 0.2) is 0 Å². The molecule has 0 atom stereocenters. The molecule has 1 saturated carbocycles. The molecule has 2 nitrogen and oxygen atoms in total. The van der Waals surface area contributed by atoms with E-state index in [2.05, 4.69) is 6.42 Å². The van der Waals surface area contributed by atoms with Crippen LogP contribution in [0, 0.1) is 11.8 Å². The fourth-order valence-corrected chi connectivity index (χ4v) is 0. The van der Waals surface area contributed by atoms with Gasteiger partial charge in [0, 0.05) is 19.5 Å². The van der Waals surface area contributed by atoms with E-state index in [4.69, 9.17) is 5.11 Å². The van der Waals surface area contributed by atoms with Crippen LogP contribution >= 0.6 is 0 Å². The van der Waals surface area contributed by atoms with Crippen LogP contribution in [-0.4, -0.2) is 11.1 Å². The third-order valence-corrected chi connectivity index (χ3v) is 0.930. The van der Waals surface area contributed by atoms with Crippen molar-refractivity contribution in [2.75, 3.05) is 0 Å². The summed E-state index contributed by atoms with van der Waals surface area (Å²) < 4.78 is 0. The average Bonchev–Trinajstić information content (AvgIpc) is 2.42. The van der Waals surface area contributed by atoms with E-state index in [1.54, 1.807) is 20.8 Å². The van der Waals surface area contributed by atoms with Gasteiger partial charge in [0.2, 0.25) is 0 Å². The standard InChI is InChI=1S/C5H10O2.C3H5.Zn/c1-5(2,3)4(6)7;1-2-3-1;/h1-3H3,(H,6,7);1H,2-3H2;/q;-1;. The zero-order chi connectivity index (χ0) is 8.20. The summed E-state index contributed by atoms with van der Waals surface area (Å²) in [6, 6.07) is 0. The van der Waals surface area contributed by atoms with Crippen molar-refractivity contribution in [3.05, 3.63) is 6.42 Å². The quantitative estimate of drug-likeness (QED) is 0.489. The van der Waals surface area contributed by atoms with E-state index in [-0.39, 0.29) is 19.5 Å². The molecule has 0 radical (unpaired) electrons. The van der Waals surface area contributed by atoms with Crippen LogP contribution in [-0.2, 0) is 24.3 Å². The summed E-state index contributed by atoms with van der Waals surface area (Å²) in [4.78, 5) is 10.0. The van der Waals surface area contributed by atoms with Crippen molar-refractivity contribution in [3.63, 3.8) is 0 Å².